The minimum Gasteiger partial charge on any atom is -0.388 e. The van der Waals surface area contributed by atoms with Gasteiger partial charge in [-0.05, 0) is 43.9 Å². The highest BCUT2D eigenvalue weighted by molar-refractivity contribution is 7.99. The zero-order valence-corrected chi connectivity index (χ0v) is 8.28. The van der Waals surface area contributed by atoms with Gasteiger partial charge in [-0.1, -0.05) is 0 Å². The first-order valence-corrected chi connectivity index (χ1v) is 5.97. The molecule has 0 unspecified atom stereocenters. The zero-order valence-electron chi connectivity index (χ0n) is 7.46. The van der Waals surface area contributed by atoms with Crippen LogP contribution in [0.1, 0.15) is 19.3 Å². The van der Waals surface area contributed by atoms with Crippen LogP contribution in [0.4, 0.5) is 0 Å². The average Bonchev–Trinajstić information content (AvgIpc) is 1.99. The van der Waals surface area contributed by atoms with Crippen molar-refractivity contribution >= 4 is 11.8 Å². The smallest absolute Gasteiger partial charge is 0.0789 e. The minimum absolute atomic E-state index is 0.342. The first kappa shape index (κ1) is 8.85. The van der Waals surface area contributed by atoms with E-state index in [1.165, 1.54) is 19.5 Å². The lowest BCUT2D eigenvalue weighted by Crippen LogP contribution is -2.50. The summed E-state index contributed by atoms with van der Waals surface area (Å²) in [7, 11) is 0. The molecule has 12 heavy (non-hydrogen) atoms. The van der Waals surface area contributed by atoms with Crippen molar-refractivity contribution in [1.82, 2.24) is 4.90 Å². The van der Waals surface area contributed by atoms with Crippen molar-refractivity contribution in [2.75, 3.05) is 31.1 Å². The molecule has 0 spiro atoms. The monoisotopic (exact) mass is 187 g/mol. The molecule has 0 saturated carbocycles. The molecule has 1 N–H and O–H groups in total. The summed E-state index contributed by atoms with van der Waals surface area (Å²) in [6.45, 7) is 3.33. The van der Waals surface area contributed by atoms with E-state index in [2.05, 4.69) is 4.90 Å². The van der Waals surface area contributed by atoms with Crippen LogP contribution in [0.25, 0.3) is 0 Å². The highest BCUT2D eigenvalue weighted by Crippen LogP contribution is 2.28. The summed E-state index contributed by atoms with van der Waals surface area (Å²) in [5.41, 5.74) is -0.342. The number of likely N-dealkylation sites (tertiary alicyclic amines) is 1. The predicted octanol–water partition coefficient (Wildman–Crippen LogP) is 0.950. The lowest BCUT2D eigenvalue weighted by atomic mass is 9.95. The maximum absolute atomic E-state index is 10.2. The molecule has 0 radical (unpaired) electrons. The topological polar surface area (TPSA) is 23.5 Å². The van der Waals surface area contributed by atoms with Crippen LogP contribution in [0.15, 0.2) is 0 Å². The van der Waals surface area contributed by atoms with Crippen LogP contribution in [-0.2, 0) is 0 Å². The van der Waals surface area contributed by atoms with E-state index >= 15 is 0 Å². The molecule has 2 aliphatic heterocycles. The van der Waals surface area contributed by atoms with Gasteiger partial charge in [-0.2, -0.15) is 11.8 Å². The molecule has 0 aromatic heterocycles. The summed E-state index contributed by atoms with van der Waals surface area (Å²) in [5, 5.41) is 10.2. The number of aliphatic hydroxyl groups is 1. The molecule has 0 aromatic rings. The second-order valence-electron chi connectivity index (χ2n) is 3.97. The van der Waals surface area contributed by atoms with E-state index in [0.717, 1.165) is 30.9 Å². The Morgan fingerprint density at radius 3 is 2.42 bits per heavy atom. The van der Waals surface area contributed by atoms with Crippen LogP contribution < -0.4 is 0 Å². The number of β-amino-alcohol motifs (C(OH)–C–C–N with tert-alkyl or cyclic N) is 1. The summed E-state index contributed by atoms with van der Waals surface area (Å²) in [6, 6.07) is 0. The lowest BCUT2D eigenvalue weighted by molar-refractivity contribution is -0.0193. The van der Waals surface area contributed by atoms with Gasteiger partial charge in [0, 0.05) is 6.54 Å². The molecule has 0 amide bonds. The average molecular weight is 187 g/mol. The molecule has 2 heterocycles. The quantitative estimate of drug-likeness (QED) is 0.696. The Morgan fingerprint density at radius 1 is 1.25 bits per heavy atom. The van der Waals surface area contributed by atoms with Crippen LogP contribution in [0, 0.1) is 0 Å². The van der Waals surface area contributed by atoms with Crippen molar-refractivity contribution in [3.63, 3.8) is 0 Å². The molecule has 2 nitrogen and oxygen atoms in total. The summed E-state index contributed by atoms with van der Waals surface area (Å²) in [4.78, 5) is 2.37. The van der Waals surface area contributed by atoms with Crippen molar-refractivity contribution in [3.8, 4) is 0 Å². The second-order valence-corrected chi connectivity index (χ2v) is 5.19. The fourth-order valence-electron chi connectivity index (χ4n) is 1.87. The number of thioether (sulfide) groups is 1. The molecule has 2 aliphatic rings. The van der Waals surface area contributed by atoms with Crippen molar-refractivity contribution < 1.29 is 5.11 Å². The fourth-order valence-corrected chi connectivity index (χ4v) is 3.12. The van der Waals surface area contributed by atoms with Crippen molar-refractivity contribution in [3.05, 3.63) is 0 Å². The Hall–Kier alpha value is 0.270. The zero-order chi connectivity index (χ0) is 8.44. The van der Waals surface area contributed by atoms with E-state index in [-0.39, 0.29) is 5.60 Å². The predicted molar refractivity (Wildman–Crippen MR) is 52.6 cm³/mol. The molecular weight excluding hydrogens is 170 g/mol. The fraction of sp³-hybridized carbons (Fsp3) is 1.00. The summed E-state index contributed by atoms with van der Waals surface area (Å²) in [6.07, 6.45) is 3.31. The highest BCUT2D eigenvalue weighted by atomic mass is 32.2. The van der Waals surface area contributed by atoms with E-state index in [1.807, 2.05) is 11.8 Å². The van der Waals surface area contributed by atoms with Crippen LogP contribution in [-0.4, -0.2) is 46.7 Å². The van der Waals surface area contributed by atoms with E-state index in [1.54, 1.807) is 0 Å². The Kier molecular flexibility index (Phi) is 2.63. The number of nitrogens with zero attached hydrogens (tertiary/aromatic N) is 1. The summed E-state index contributed by atoms with van der Waals surface area (Å²) < 4.78 is 0. The van der Waals surface area contributed by atoms with Gasteiger partial charge >= 0.3 is 0 Å². The van der Waals surface area contributed by atoms with Gasteiger partial charge in [-0.3, -0.25) is 0 Å². The Balaban J connectivity index is 1.81. The molecular formula is C9H17NOS. The van der Waals surface area contributed by atoms with E-state index in [0.29, 0.717) is 0 Å². The largest absolute Gasteiger partial charge is 0.388 e. The van der Waals surface area contributed by atoms with Crippen molar-refractivity contribution in [2.45, 2.75) is 24.9 Å². The Morgan fingerprint density at radius 2 is 1.92 bits per heavy atom. The van der Waals surface area contributed by atoms with E-state index in [9.17, 15) is 5.11 Å². The molecule has 2 saturated heterocycles. The summed E-state index contributed by atoms with van der Waals surface area (Å²) in [5.74, 6) is 2.29. The Labute approximate surface area is 78.3 Å². The molecule has 70 valence electrons. The van der Waals surface area contributed by atoms with Gasteiger partial charge in [0.15, 0.2) is 0 Å². The van der Waals surface area contributed by atoms with Gasteiger partial charge in [0.1, 0.15) is 0 Å². The lowest BCUT2D eigenvalue weighted by Gasteiger charge is -2.40. The van der Waals surface area contributed by atoms with Gasteiger partial charge < -0.3 is 10.0 Å². The Bertz CT molecular complexity index is 153. The maximum atomic E-state index is 10.2. The third-order valence-corrected chi connectivity index (χ3v) is 3.88. The maximum Gasteiger partial charge on any atom is 0.0789 e. The normalized spacial score (nSPS) is 29.8. The molecule has 0 aromatic carbocycles. The van der Waals surface area contributed by atoms with Gasteiger partial charge in [-0.25, -0.2) is 0 Å². The van der Waals surface area contributed by atoms with Gasteiger partial charge in [0.25, 0.3) is 0 Å². The number of hydrogen-bond donors (Lipinski definition) is 1. The van der Waals surface area contributed by atoms with Crippen LogP contribution in [0.5, 0.6) is 0 Å². The first-order valence-electron chi connectivity index (χ1n) is 4.81. The minimum atomic E-state index is -0.342. The first-order chi connectivity index (χ1) is 5.79. The number of hydrogen-bond acceptors (Lipinski definition) is 3. The van der Waals surface area contributed by atoms with Gasteiger partial charge in [0.05, 0.1) is 5.60 Å². The van der Waals surface area contributed by atoms with Gasteiger partial charge in [-0.15, -0.1) is 0 Å². The van der Waals surface area contributed by atoms with Crippen LogP contribution in [0.3, 0.4) is 0 Å². The van der Waals surface area contributed by atoms with Crippen LogP contribution >= 0.6 is 11.8 Å². The van der Waals surface area contributed by atoms with Crippen LogP contribution in [0.2, 0.25) is 0 Å². The molecule has 0 aliphatic carbocycles. The van der Waals surface area contributed by atoms with Gasteiger partial charge in [0.2, 0.25) is 0 Å². The SMILES string of the molecule is OC1(CN2CCC2)CCSCC1. The molecule has 2 fully saturated rings. The molecule has 0 bridgehead atoms. The third-order valence-electron chi connectivity index (χ3n) is 2.89. The van der Waals surface area contributed by atoms with E-state index in [4.69, 9.17) is 0 Å². The number of rotatable bonds is 2. The standard InChI is InChI=1S/C9H17NOS/c11-9(2-6-12-7-3-9)8-10-4-1-5-10/h11H,1-8H2. The third kappa shape index (κ3) is 1.95. The molecule has 3 heteroatoms. The molecule has 2 rings (SSSR count). The van der Waals surface area contributed by atoms with E-state index < -0.39 is 0 Å². The van der Waals surface area contributed by atoms with Crippen molar-refractivity contribution in [2.24, 2.45) is 0 Å². The van der Waals surface area contributed by atoms with Crippen molar-refractivity contribution in [1.29, 1.82) is 0 Å². The second kappa shape index (κ2) is 3.56. The highest BCUT2D eigenvalue weighted by Gasteiger charge is 2.32. The molecule has 0 atom stereocenters. The summed E-state index contributed by atoms with van der Waals surface area (Å²) >= 11 is 1.97.